The van der Waals surface area contributed by atoms with Crippen molar-refractivity contribution in [1.82, 2.24) is 9.97 Å². The maximum atomic E-state index is 13.6. The van der Waals surface area contributed by atoms with Crippen LogP contribution in [0.25, 0.3) is 0 Å². The van der Waals surface area contributed by atoms with E-state index in [1.165, 1.54) is 24.3 Å². The van der Waals surface area contributed by atoms with Crippen LogP contribution in [0, 0.1) is 11.6 Å². The summed E-state index contributed by atoms with van der Waals surface area (Å²) in [4.78, 5) is 22.3. The predicted molar refractivity (Wildman–Crippen MR) is 129 cm³/mol. The summed E-state index contributed by atoms with van der Waals surface area (Å²) < 4.78 is 26.6. The minimum absolute atomic E-state index is 0.202. The van der Waals surface area contributed by atoms with Crippen LogP contribution >= 0.6 is 0 Å². The molecule has 0 fully saturated rings. The Bertz CT molecular complexity index is 1180. The smallest absolute Gasteiger partial charge is 0.200 e. The first kappa shape index (κ1) is 23.0. The molecule has 2 aromatic carbocycles. The lowest BCUT2D eigenvalue weighted by molar-refractivity contribution is 0.103. The van der Waals surface area contributed by atoms with E-state index in [4.69, 9.17) is 0 Å². The summed E-state index contributed by atoms with van der Waals surface area (Å²) in [7, 11) is 0. The average Bonchev–Trinajstić information content (AvgIpc) is 2.85. The van der Waals surface area contributed by atoms with Crippen LogP contribution in [-0.2, 0) is 0 Å². The number of carbonyl (C=O) groups excluding carboxylic acids is 1. The van der Waals surface area contributed by atoms with Gasteiger partial charge in [-0.25, -0.2) is 18.7 Å². The van der Waals surface area contributed by atoms with Crippen LogP contribution < -0.4 is 10.6 Å². The molecule has 172 valence electrons. The van der Waals surface area contributed by atoms with Crippen molar-refractivity contribution in [3.05, 3.63) is 119 Å². The number of benzene rings is 2. The minimum Gasteiger partial charge on any atom is -0.363 e. The van der Waals surface area contributed by atoms with Crippen LogP contribution in [0.3, 0.4) is 0 Å². The van der Waals surface area contributed by atoms with Crippen molar-refractivity contribution in [2.24, 2.45) is 0 Å². The second-order valence-electron chi connectivity index (χ2n) is 7.96. The van der Waals surface area contributed by atoms with Crippen LogP contribution in [0.5, 0.6) is 0 Å². The fourth-order valence-electron chi connectivity index (χ4n) is 3.63. The Morgan fingerprint density at radius 1 is 0.676 bits per heavy atom. The number of anilines is 2. The third-order valence-electron chi connectivity index (χ3n) is 5.55. The lowest BCUT2D eigenvalue weighted by Gasteiger charge is -2.19. The number of nitrogens with one attached hydrogen (secondary N) is 2. The van der Waals surface area contributed by atoms with E-state index in [-0.39, 0.29) is 29.5 Å². The fourth-order valence-corrected chi connectivity index (χ4v) is 3.63. The molecule has 0 saturated carbocycles. The number of aromatic nitrogens is 2. The largest absolute Gasteiger partial charge is 0.363 e. The highest BCUT2D eigenvalue weighted by Crippen LogP contribution is 2.27. The summed E-state index contributed by atoms with van der Waals surface area (Å²) in [6.45, 7) is 3.83. The Morgan fingerprint density at radius 2 is 1.06 bits per heavy atom. The lowest BCUT2D eigenvalue weighted by Crippen LogP contribution is -2.16. The number of hydrogen-bond acceptors (Lipinski definition) is 5. The Kier molecular flexibility index (Phi) is 6.92. The van der Waals surface area contributed by atoms with E-state index in [2.05, 4.69) is 20.6 Å². The number of carbonyl (C=O) groups is 1. The summed E-state index contributed by atoms with van der Waals surface area (Å²) in [5.74, 6) is -0.0208. The molecule has 2 N–H and O–H groups in total. The zero-order chi connectivity index (χ0) is 24.1. The van der Waals surface area contributed by atoms with E-state index in [9.17, 15) is 13.6 Å². The Balaban J connectivity index is 1.59. The van der Waals surface area contributed by atoms with Gasteiger partial charge in [0.05, 0.1) is 11.1 Å². The zero-order valence-electron chi connectivity index (χ0n) is 18.8. The highest BCUT2D eigenvalue weighted by Gasteiger charge is 2.21. The van der Waals surface area contributed by atoms with Crippen LogP contribution in [0.2, 0.25) is 0 Å². The second-order valence-corrected chi connectivity index (χ2v) is 7.96. The molecule has 5 nitrogen and oxygen atoms in total. The zero-order valence-corrected chi connectivity index (χ0v) is 18.8. The van der Waals surface area contributed by atoms with Gasteiger partial charge in [0.15, 0.2) is 5.78 Å². The molecule has 0 aliphatic rings. The van der Waals surface area contributed by atoms with E-state index >= 15 is 0 Å². The number of hydrogen-bond donors (Lipinski definition) is 2. The van der Waals surface area contributed by atoms with Crippen molar-refractivity contribution in [2.45, 2.75) is 25.9 Å². The molecule has 0 aliphatic heterocycles. The van der Waals surface area contributed by atoms with Crippen molar-refractivity contribution in [1.29, 1.82) is 0 Å². The maximum absolute atomic E-state index is 13.6. The van der Waals surface area contributed by atoms with Gasteiger partial charge in [-0.2, -0.15) is 0 Å². The van der Waals surface area contributed by atoms with Gasteiger partial charge in [0, 0.05) is 24.5 Å². The number of ketones is 1. The topological polar surface area (TPSA) is 66.9 Å². The first-order valence-corrected chi connectivity index (χ1v) is 10.9. The third kappa shape index (κ3) is 5.26. The molecule has 2 atom stereocenters. The Labute approximate surface area is 196 Å². The monoisotopic (exact) mass is 458 g/mol. The van der Waals surface area contributed by atoms with Crippen LogP contribution in [-0.4, -0.2) is 15.8 Å². The van der Waals surface area contributed by atoms with E-state index in [1.54, 1.807) is 60.9 Å². The van der Waals surface area contributed by atoms with E-state index in [0.29, 0.717) is 22.8 Å². The van der Waals surface area contributed by atoms with Gasteiger partial charge in [-0.05, 0) is 73.5 Å². The van der Waals surface area contributed by atoms with E-state index in [1.807, 2.05) is 13.8 Å². The average molecular weight is 459 g/mol. The molecule has 0 bridgehead atoms. The summed E-state index contributed by atoms with van der Waals surface area (Å²) in [5, 5.41) is 6.52. The molecule has 0 saturated heterocycles. The van der Waals surface area contributed by atoms with Crippen LogP contribution in [0.1, 0.15) is 53.0 Å². The molecule has 0 spiro atoms. The van der Waals surface area contributed by atoms with Crippen molar-refractivity contribution in [2.75, 3.05) is 10.6 Å². The molecule has 2 heterocycles. The third-order valence-corrected chi connectivity index (χ3v) is 5.55. The first-order valence-electron chi connectivity index (χ1n) is 10.9. The number of halogens is 2. The van der Waals surface area contributed by atoms with Gasteiger partial charge in [0.1, 0.15) is 23.3 Å². The number of rotatable bonds is 8. The van der Waals surface area contributed by atoms with E-state index < -0.39 is 0 Å². The van der Waals surface area contributed by atoms with Gasteiger partial charge in [-0.1, -0.05) is 24.3 Å². The fraction of sp³-hybridized carbons (Fsp3) is 0.148. The molecule has 7 heteroatoms. The molecule has 0 aliphatic carbocycles. The summed E-state index contributed by atoms with van der Waals surface area (Å²) in [5.41, 5.74) is 2.51. The SMILES string of the molecule is CC(Nc1ncccc1C(=O)c1cccnc1NC(C)c1ccc(F)cc1)c1ccc(F)cc1. The number of nitrogens with zero attached hydrogens (tertiary/aromatic N) is 2. The summed E-state index contributed by atoms with van der Waals surface area (Å²) in [6.07, 6.45) is 3.21. The van der Waals surface area contributed by atoms with Gasteiger partial charge in [-0.15, -0.1) is 0 Å². The van der Waals surface area contributed by atoms with Gasteiger partial charge in [0.25, 0.3) is 0 Å². The molecule has 2 unspecified atom stereocenters. The minimum atomic E-state index is -0.309. The highest BCUT2D eigenvalue weighted by atomic mass is 19.1. The quantitative estimate of drug-likeness (QED) is 0.302. The van der Waals surface area contributed by atoms with Gasteiger partial charge >= 0.3 is 0 Å². The molecular weight excluding hydrogens is 434 g/mol. The molecule has 4 aromatic rings. The molecular formula is C27H24F2N4O. The standard InChI is InChI=1S/C27H24F2N4O/c1-17(19-7-11-21(28)12-8-19)32-26-23(5-3-15-30-26)25(34)24-6-4-16-31-27(24)33-18(2)20-9-13-22(29)14-10-20/h3-18H,1-2H3,(H,30,32)(H,31,33). The second kappa shape index (κ2) is 10.2. The predicted octanol–water partition coefficient (Wildman–Crippen LogP) is 6.33. The van der Waals surface area contributed by atoms with Gasteiger partial charge < -0.3 is 10.6 Å². The molecule has 0 radical (unpaired) electrons. The van der Waals surface area contributed by atoms with E-state index in [0.717, 1.165) is 11.1 Å². The van der Waals surface area contributed by atoms with Gasteiger partial charge in [0.2, 0.25) is 0 Å². The first-order chi connectivity index (χ1) is 16.4. The molecule has 4 rings (SSSR count). The van der Waals surface area contributed by atoms with Crippen molar-refractivity contribution >= 4 is 17.4 Å². The summed E-state index contributed by atoms with van der Waals surface area (Å²) >= 11 is 0. The normalized spacial score (nSPS) is 12.6. The highest BCUT2D eigenvalue weighted by molar-refractivity contribution is 6.14. The molecule has 34 heavy (non-hydrogen) atoms. The van der Waals surface area contributed by atoms with Crippen molar-refractivity contribution in [3.8, 4) is 0 Å². The Hall–Kier alpha value is -4.13. The summed E-state index contributed by atoms with van der Waals surface area (Å²) in [6, 6.07) is 18.8. The van der Waals surface area contributed by atoms with Crippen LogP contribution in [0.15, 0.2) is 85.2 Å². The van der Waals surface area contributed by atoms with Crippen molar-refractivity contribution < 1.29 is 13.6 Å². The van der Waals surface area contributed by atoms with Crippen LogP contribution in [0.4, 0.5) is 20.4 Å². The lowest BCUT2D eigenvalue weighted by atomic mass is 10.0. The maximum Gasteiger partial charge on any atom is 0.200 e. The molecule has 0 amide bonds. The molecule has 2 aromatic heterocycles. The van der Waals surface area contributed by atoms with Crippen molar-refractivity contribution in [3.63, 3.8) is 0 Å². The number of pyridine rings is 2. The Morgan fingerprint density at radius 3 is 1.44 bits per heavy atom. The van der Waals surface area contributed by atoms with Gasteiger partial charge in [-0.3, -0.25) is 4.79 Å².